The number of imide groups is 1. The highest BCUT2D eigenvalue weighted by atomic mass is 32.2. The van der Waals surface area contributed by atoms with Crippen LogP contribution in [-0.2, 0) is 14.3 Å². The molecule has 1 saturated carbocycles. The number of nitrogens with one attached hydrogen (secondary N) is 2. The van der Waals surface area contributed by atoms with Crippen LogP contribution in [0, 0.1) is 0 Å². The van der Waals surface area contributed by atoms with Crippen molar-refractivity contribution in [2.75, 3.05) is 19.5 Å². The zero-order chi connectivity index (χ0) is 16.7. The third-order valence-electron chi connectivity index (χ3n) is 2.95. The van der Waals surface area contributed by atoms with Gasteiger partial charge in [-0.2, -0.15) is 0 Å². The number of thioether (sulfide) groups is 1. The Morgan fingerprint density at radius 2 is 1.91 bits per heavy atom. The lowest BCUT2D eigenvalue weighted by atomic mass is 10.3. The Balaban J connectivity index is 1.61. The van der Waals surface area contributed by atoms with Crippen LogP contribution in [-0.4, -0.2) is 43.4 Å². The van der Waals surface area contributed by atoms with Gasteiger partial charge in [0.05, 0.1) is 12.9 Å². The van der Waals surface area contributed by atoms with Crippen LogP contribution in [0.15, 0.2) is 29.2 Å². The molecular weight excluding hydrogens is 320 g/mol. The molecular formula is C15H18N2O5S. The molecule has 3 amide bonds. The Hall–Kier alpha value is -2.22. The van der Waals surface area contributed by atoms with E-state index in [2.05, 4.69) is 10.6 Å². The monoisotopic (exact) mass is 338 g/mol. The Kier molecular flexibility index (Phi) is 6.28. The molecule has 23 heavy (non-hydrogen) atoms. The minimum absolute atomic E-state index is 0.0773. The highest BCUT2D eigenvalue weighted by Gasteiger charge is 2.24. The number of methoxy groups -OCH3 is 1. The topological polar surface area (TPSA) is 93.7 Å². The smallest absolute Gasteiger partial charge is 0.321 e. The molecule has 0 spiro atoms. The number of hydrogen-bond donors (Lipinski definition) is 2. The van der Waals surface area contributed by atoms with Gasteiger partial charge in [0.15, 0.2) is 6.61 Å². The molecule has 0 unspecified atom stereocenters. The van der Waals surface area contributed by atoms with E-state index < -0.39 is 24.5 Å². The molecule has 8 heteroatoms. The van der Waals surface area contributed by atoms with Crippen molar-refractivity contribution in [2.45, 2.75) is 23.8 Å². The van der Waals surface area contributed by atoms with E-state index in [1.807, 2.05) is 12.1 Å². The molecule has 0 atom stereocenters. The summed E-state index contributed by atoms with van der Waals surface area (Å²) in [5.41, 5.74) is 0. The summed E-state index contributed by atoms with van der Waals surface area (Å²) < 4.78 is 9.86. The van der Waals surface area contributed by atoms with Crippen molar-refractivity contribution in [3.05, 3.63) is 24.3 Å². The molecule has 0 saturated heterocycles. The largest absolute Gasteiger partial charge is 0.497 e. The number of esters is 1. The lowest BCUT2D eigenvalue weighted by Crippen LogP contribution is -2.42. The fraction of sp³-hybridized carbons (Fsp3) is 0.400. The first kappa shape index (κ1) is 17.1. The van der Waals surface area contributed by atoms with Crippen LogP contribution in [0.4, 0.5) is 4.79 Å². The molecule has 0 heterocycles. The molecule has 1 fully saturated rings. The number of urea groups is 1. The van der Waals surface area contributed by atoms with Crippen molar-refractivity contribution in [1.82, 2.24) is 10.6 Å². The zero-order valence-electron chi connectivity index (χ0n) is 12.7. The molecule has 2 N–H and O–H groups in total. The molecule has 1 aromatic carbocycles. The summed E-state index contributed by atoms with van der Waals surface area (Å²) >= 11 is 1.29. The van der Waals surface area contributed by atoms with Gasteiger partial charge < -0.3 is 14.8 Å². The quantitative estimate of drug-likeness (QED) is 0.575. The first-order valence-electron chi connectivity index (χ1n) is 7.09. The van der Waals surface area contributed by atoms with E-state index in [1.54, 1.807) is 19.2 Å². The molecule has 7 nitrogen and oxygen atoms in total. The van der Waals surface area contributed by atoms with Crippen LogP contribution in [0.25, 0.3) is 0 Å². The van der Waals surface area contributed by atoms with Crippen LogP contribution in [0.5, 0.6) is 5.75 Å². The van der Waals surface area contributed by atoms with Gasteiger partial charge in [0, 0.05) is 10.9 Å². The Bertz CT molecular complexity index is 572. The molecule has 1 aliphatic carbocycles. The van der Waals surface area contributed by atoms with Gasteiger partial charge in [-0.25, -0.2) is 4.79 Å². The van der Waals surface area contributed by atoms with Gasteiger partial charge in [0.1, 0.15) is 5.75 Å². The number of amides is 3. The number of hydrogen-bond acceptors (Lipinski definition) is 6. The van der Waals surface area contributed by atoms with E-state index in [9.17, 15) is 14.4 Å². The average Bonchev–Trinajstić information content (AvgIpc) is 3.35. The zero-order valence-corrected chi connectivity index (χ0v) is 13.5. The van der Waals surface area contributed by atoms with E-state index in [0.717, 1.165) is 23.5 Å². The van der Waals surface area contributed by atoms with E-state index in [4.69, 9.17) is 9.47 Å². The number of benzene rings is 1. The van der Waals surface area contributed by atoms with Crippen molar-refractivity contribution in [2.24, 2.45) is 0 Å². The van der Waals surface area contributed by atoms with E-state index in [0.29, 0.717) is 0 Å². The third kappa shape index (κ3) is 6.60. The van der Waals surface area contributed by atoms with Gasteiger partial charge in [-0.3, -0.25) is 14.9 Å². The maximum atomic E-state index is 11.6. The van der Waals surface area contributed by atoms with Crippen LogP contribution >= 0.6 is 11.8 Å². The van der Waals surface area contributed by atoms with Crippen LogP contribution in [0.3, 0.4) is 0 Å². The van der Waals surface area contributed by atoms with Gasteiger partial charge in [-0.05, 0) is 37.1 Å². The number of ether oxygens (including phenoxy) is 2. The normalized spacial score (nSPS) is 13.1. The number of carbonyl (C=O) groups excluding carboxylic acids is 3. The van der Waals surface area contributed by atoms with Gasteiger partial charge in [0.25, 0.3) is 5.91 Å². The highest BCUT2D eigenvalue weighted by Crippen LogP contribution is 2.21. The van der Waals surface area contributed by atoms with E-state index >= 15 is 0 Å². The molecule has 1 aromatic rings. The summed E-state index contributed by atoms with van der Waals surface area (Å²) in [7, 11) is 1.58. The lowest BCUT2D eigenvalue weighted by molar-refractivity contribution is -0.145. The molecule has 2 rings (SSSR count). The molecule has 124 valence electrons. The van der Waals surface area contributed by atoms with Crippen molar-refractivity contribution in [3.63, 3.8) is 0 Å². The minimum atomic E-state index is -0.647. The molecule has 0 aliphatic heterocycles. The summed E-state index contributed by atoms with van der Waals surface area (Å²) in [5, 5.41) is 4.71. The van der Waals surface area contributed by atoms with Gasteiger partial charge >= 0.3 is 12.0 Å². The SMILES string of the molecule is COc1ccc(SCC(=O)OCC(=O)NC(=O)NC2CC2)cc1. The maximum Gasteiger partial charge on any atom is 0.321 e. The average molecular weight is 338 g/mol. The molecule has 0 radical (unpaired) electrons. The van der Waals surface area contributed by atoms with Crippen molar-refractivity contribution < 1.29 is 23.9 Å². The predicted octanol–water partition coefficient (Wildman–Crippen LogP) is 1.32. The summed E-state index contributed by atoms with van der Waals surface area (Å²) in [6, 6.07) is 6.84. The summed E-state index contributed by atoms with van der Waals surface area (Å²) in [5.74, 6) is -0.360. The molecule has 0 aromatic heterocycles. The van der Waals surface area contributed by atoms with Gasteiger partial charge in [-0.1, -0.05) is 0 Å². The van der Waals surface area contributed by atoms with Crippen LogP contribution < -0.4 is 15.4 Å². The van der Waals surface area contributed by atoms with Gasteiger partial charge in [-0.15, -0.1) is 11.8 Å². The Labute approximate surface area is 138 Å². The van der Waals surface area contributed by atoms with Crippen molar-refractivity contribution >= 4 is 29.7 Å². The second-order valence-corrected chi connectivity index (χ2v) is 5.97. The standard InChI is InChI=1S/C15H18N2O5S/c1-21-11-4-6-12(7-5-11)23-9-14(19)22-8-13(18)17-15(20)16-10-2-3-10/h4-7,10H,2-3,8-9H2,1H3,(H2,16,17,18,20). The summed E-state index contributed by atoms with van der Waals surface area (Å²) in [6.45, 7) is -0.472. The Morgan fingerprint density at radius 1 is 1.22 bits per heavy atom. The van der Waals surface area contributed by atoms with Crippen LogP contribution in [0.1, 0.15) is 12.8 Å². The number of carbonyl (C=O) groups is 3. The fourth-order valence-electron chi connectivity index (χ4n) is 1.61. The van der Waals surface area contributed by atoms with E-state index in [-0.39, 0.29) is 11.8 Å². The first-order chi connectivity index (χ1) is 11.1. The highest BCUT2D eigenvalue weighted by molar-refractivity contribution is 8.00. The fourth-order valence-corrected chi connectivity index (χ4v) is 2.31. The summed E-state index contributed by atoms with van der Waals surface area (Å²) in [4.78, 5) is 35.2. The number of rotatable bonds is 7. The maximum absolute atomic E-state index is 11.6. The predicted molar refractivity (Wildman–Crippen MR) is 84.4 cm³/mol. The van der Waals surface area contributed by atoms with E-state index in [1.165, 1.54) is 11.8 Å². The lowest BCUT2D eigenvalue weighted by Gasteiger charge is -2.07. The summed E-state index contributed by atoms with van der Waals surface area (Å²) in [6.07, 6.45) is 1.86. The second-order valence-electron chi connectivity index (χ2n) is 4.92. The molecule has 0 bridgehead atoms. The van der Waals surface area contributed by atoms with Crippen molar-refractivity contribution in [3.8, 4) is 5.75 Å². The first-order valence-corrected chi connectivity index (χ1v) is 8.08. The Morgan fingerprint density at radius 3 is 2.52 bits per heavy atom. The van der Waals surface area contributed by atoms with Crippen LogP contribution in [0.2, 0.25) is 0 Å². The van der Waals surface area contributed by atoms with Crippen molar-refractivity contribution in [1.29, 1.82) is 0 Å². The van der Waals surface area contributed by atoms with Gasteiger partial charge in [0.2, 0.25) is 0 Å². The molecule has 1 aliphatic rings. The third-order valence-corrected chi connectivity index (χ3v) is 3.93. The second kappa shape index (κ2) is 8.42. The minimum Gasteiger partial charge on any atom is -0.497 e.